The fraction of sp³-hybridized carbons (Fsp3) is 0.300. The molecule has 1 atom stereocenters. The van der Waals surface area contributed by atoms with Crippen LogP contribution in [0.2, 0.25) is 0 Å². The fourth-order valence-electron chi connectivity index (χ4n) is 3.15. The van der Waals surface area contributed by atoms with Crippen molar-refractivity contribution in [3.8, 4) is 5.75 Å². The van der Waals surface area contributed by atoms with Gasteiger partial charge in [0.25, 0.3) is 0 Å². The number of methoxy groups -OCH3 is 1. The van der Waals surface area contributed by atoms with Crippen LogP contribution in [0.25, 0.3) is 5.70 Å². The number of anilines is 1. The molecule has 0 saturated heterocycles. The maximum atomic E-state index is 12.9. The molecule has 30 heavy (non-hydrogen) atoms. The topological polar surface area (TPSA) is 66.0 Å². The number of alkyl halides is 3. The molecular formula is C20H20BrF3N4O2. The number of urea groups is 1. The number of nitrogens with zero attached hydrogens (tertiary/aromatic N) is 2. The van der Waals surface area contributed by atoms with Crippen molar-refractivity contribution in [1.82, 2.24) is 10.3 Å². The molecule has 0 saturated carbocycles. The molecular weight excluding hydrogens is 465 g/mol. The molecule has 1 unspecified atom stereocenters. The first-order valence-corrected chi connectivity index (χ1v) is 9.84. The van der Waals surface area contributed by atoms with Gasteiger partial charge in [0.05, 0.1) is 18.7 Å². The van der Waals surface area contributed by atoms with E-state index in [9.17, 15) is 18.0 Å². The summed E-state index contributed by atoms with van der Waals surface area (Å²) in [7, 11) is 3.33. The Bertz CT molecular complexity index is 954. The second-order valence-corrected chi connectivity index (χ2v) is 7.64. The molecule has 10 heteroatoms. The Labute approximate surface area is 180 Å². The van der Waals surface area contributed by atoms with Gasteiger partial charge in [-0.1, -0.05) is 22.0 Å². The number of amides is 2. The molecule has 1 aliphatic carbocycles. The normalized spacial score (nSPS) is 18.9. The molecule has 6 nitrogen and oxygen atoms in total. The fourth-order valence-corrected chi connectivity index (χ4v) is 3.77. The van der Waals surface area contributed by atoms with E-state index >= 15 is 0 Å². The molecule has 0 radical (unpaired) electrons. The van der Waals surface area contributed by atoms with E-state index in [1.165, 1.54) is 19.3 Å². The number of halogens is 4. The van der Waals surface area contributed by atoms with Gasteiger partial charge in [0.15, 0.2) is 0 Å². The van der Waals surface area contributed by atoms with E-state index in [-0.39, 0.29) is 12.1 Å². The molecule has 0 fully saturated rings. The van der Waals surface area contributed by atoms with E-state index in [0.29, 0.717) is 23.4 Å². The Morgan fingerprint density at radius 1 is 1.33 bits per heavy atom. The van der Waals surface area contributed by atoms with E-state index in [2.05, 4.69) is 31.7 Å². The zero-order valence-corrected chi connectivity index (χ0v) is 17.8. The van der Waals surface area contributed by atoms with Crippen molar-refractivity contribution in [2.24, 2.45) is 11.0 Å². The number of hydrogen-bond donors (Lipinski definition) is 2. The monoisotopic (exact) mass is 484 g/mol. The van der Waals surface area contributed by atoms with Gasteiger partial charge in [0.2, 0.25) is 0 Å². The first kappa shape index (κ1) is 21.9. The Morgan fingerprint density at radius 2 is 2.10 bits per heavy atom. The van der Waals surface area contributed by atoms with Crippen LogP contribution in [0, 0.1) is 5.92 Å². The Balaban J connectivity index is 1.78. The minimum atomic E-state index is -4.35. The van der Waals surface area contributed by atoms with Crippen LogP contribution in [0.1, 0.15) is 18.4 Å². The van der Waals surface area contributed by atoms with Crippen molar-refractivity contribution in [3.05, 3.63) is 52.2 Å². The van der Waals surface area contributed by atoms with Crippen LogP contribution in [0.5, 0.6) is 5.75 Å². The first-order valence-electron chi connectivity index (χ1n) is 9.05. The molecule has 1 aromatic rings. The molecule has 1 aromatic carbocycles. The summed E-state index contributed by atoms with van der Waals surface area (Å²) in [6, 6.07) is 4.42. The summed E-state index contributed by atoms with van der Waals surface area (Å²) in [5, 5.41) is 11.1. The largest absolute Gasteiger partial charge is 0.496 e. The third-order valence-corrected chi connectivity index (χ3v) is 5.26. The number of hydrogen-bond acceptors (Lipinski definition) is 4. The third-order valence-electron chi connectivity index (χ3n) is 4.56. The van der Waals surface area contributed by atoms with Crippen LogP contribution < -0.4 is 15.4 Å². The third kappa shape index (κ3) is 5.05. The molecule has 0 bridgehead atoms. The van der Waals surface area contributed by atoms with E-state index in [0.717, 1.165) is 16.3 Å². The van der Waals surface area contributed by atoms with Gasteiger partial charge in [-0.3, -0.25) is 5.01 Å². The molecule has 1 heterocycles. The standard InChI is InChI=1S/C20H20BrF3N4O2/c1-28-18(16(21)8-9-25-28)15-11-14(6-7-17(15)30-2)27-19(29)26-13-5-3-4-12(10-13)20(22,23)24/h3,5-7,9-12H,4,8H2,1-2H3,(H2,26,27,29). The first-order chi connectivity index (χ1) is 14.2. The Morgan fingerprint density at radius 3 is 2.77 bits per heavy atom. The second-order valence-electron chi connectivity index (χ2n) is 6.68. The number of ether oxygens (including phenoxy) is 1. The summed E-state index contributed by atoms with van der Waals surface area (Å²) in [5.74, 6) is -1.03. The van der Waals surface area contributed by atoms with Gasteiger partial charge in [-0.2, -0.15) is 18.3 Å². The average molecular weight is 485 g/mol. The van der Waals surface area contributed by atoms with Crippen LogP contribution in [0.3, 0.4) is 0 Å². The lowest BCUT2D eigenvalue weighted by Gasteiger charge is -2.24. The minimum absolute atomic E-state index is 0.0987. The van der Waals surface area contributed by atoms with Crippen molar-refractivity contribution in [1.29, 1.82) is 0 Å². The summed E-state index contributed by atoms with van der Waals surface area (Å²) in [5.41, 5.74) is 2.04. The number of carbonyl (C=O) groups is 1. The van der Waals surface area contributed by atoms with Crippen molar-refractivity contribution >= 4 is 39.6 Å². The van der Waals surface area contributed by atoms with Gasteiger partial charge in [0, 0.05) is 41.1 Å². The molecule has 0 spiro atoms. The van der Waals surface area contributed by atoms with E-state index in [4.69, 9.17) is 4.74 Å². The zero-order valence-electron chi connectivity index (χ0n) is 16.3. The molecule has 2 amide bonds. The average Bonchev–Trinajstić information content (AvgIpc) is 2.67. The zero-order chi connectivity index (χ0) is 21.9. The number of benzene rings is 1. The Kier molecular flexibility index (Phi) is 6.55. The number of rotatable bonds is 4. The highest BCUT2D eigenvalue weighted by Gasteiger charge is 2.38. The van der Waals surface area contributed by atoms with Crippen LogP contribution in [0.15, 0.2) is 51.7 Å². The number of allylic oxidation sites excluding steroid dienone is 4. The smallest absolute Gasteiger partial charge is 0.395 e. The highest BCUT2D eigenvalue weighted by molar-refractivity contribution is 9.11. The summed E-state index contributed by atoms with van der Waals surface area (Å²) in [6.45, 7) is 0. The molecule has 160 valence electrons. The lowest BCUT2D eigenvalue weighted by Crippen LogP contribution is -2.30. The van der Waals surface area contributed by atoms with Crippen molar-refractivity contribution in [3.63, 3.8) is 0 Å². The van der Waals surface area contributed by atoms with Crippen LogP contribution in [0.4, 0.5) is 23.7 Å². The predicted molar refractivity (Wildman–Crippen MR) is 113 cm³/mol. The quantitative estimate of drug-likeness (QED) is 0.615. The summed E-state index contributed by atoms with van der Waals surface area (Å²) in [6.07, 6.45) is 1.74. The minimum Gasteiger partial charge on any atom is -0.496 e. The van der Waals surface area contributed by atoms with Crippen molar-refractivity contribution < 1.29 is 22.7 Å². The highest BCUT2D eigenvalue weighted by Crippen LogP contribution is 2.37. The van der Waals surface area contributed by atoms with Gasteiger partial charge in [0.1, 0.15) is 5.75 Å². The van der Waals surface area contributed by atoms with E-state index in [1.807, 2.05) is 0 Å². The molecule has 0 aromatic heterocycles. The molecule has 2 aliphatic rings. The number of carbonyl (C=O) groups excluding carboxylic acids is 1. The molecule has 2 N–H and O–H groups in total. The van der Waals surface area contributed by atoms with Gasteiger partial charge in [-0.05, 0) is 36.8 Å². The van der Waals surface area contributed by atoms with E-state index < -0.39 is 18.1 Å². The second kappa shape index (κ2) is 8.95. The Hall–Kier alpha value is -2.75. The van der Waals surface area contributed by atoms with Crippen LogP contribution >= 0.6 is 15.9 Å². The lowest BCUT2D eigenvalue weighted by atomic mass is 9.99. The summed E-state index contributed by atoms with van der Waals surface area (Å²) < 4.78 is 45.1. The highest BCUT2D eigenvalue weighted by atomic mass is 79.9. The number of hydrazone groups is 1. The van der Waals surface area contributed by atoms with Crippen molar-refractivity contribution in [2.45, 2.75) is 19.0 Å². The molecule has 1 aliphatic heterocycles. The predicted octanol–water partition coefficient (Wildman–Crippen LogP) is 5.22. The van der Waals surface area contributed by atoms with Crippen LogP contribution in [-0.2, 0) is 0 Å². The summed E-state index contributed by atoms with van der Waals surface area (Å²) >= 11 is 3.54. The van der Waals surface area contributed by atoms with Gasteiger partial charge in [-0.25, -0.2) is 4.79 Å². The molecule has 3 rings (SSSR count). The summed E-state index contributed by atoms with van der Waals surface area (Å²) in [4.78, 5) is 12.3. The maximum absolute atomic E-state index is 12.9. The SMILES string of the molecule is COc1ccc(NC(=O)NC2=CC(C(F)(F)F)CC=C2)cc1C1=C(Br)CC=NN1C. The number of nitrogens with one attached hydrogen (secondary N) is 2. The lowest BCUT2D eigenvalue weighted by molar-refractivity contribution is -0.160. The van der Waals surface area contributed by atoms with Gasteiger partial charge in [-0.15, -0.1) is 0 Å². The van der Waals surface area contributed by atoms with Crippen molar-refractivity contribution in [2.75, 3.05) is 19.5 Å². The maximum Gasteiger partial charge on any atom is 0.395 e. The van der Waals surface area contributed by atoms with Gasteiger partial charge >= 0.3 is 12.2 Å². The van der Waals surface area contributed by atoms with E-state index in [1.54, 1.807) is 36.5 Å². The van der Waals surface area contributed by atoms with Gasteiger partial charge < -0.3 is 15.4 Å². The van der Waals surface area contributed by atoms with Crippen LogP contribution in [-0.4, -0.2) is 37.6 Å².